The van der Waals surface area contributed by atoms with Crippen LogP contribution < -0.4 is 4.90 Å². The highest BCUT2D eigenvalue weighted by Crippen LogP contribution is 2.41. The topological polar surface area (TPSA) is 82.6 Å². The Labute approximate surface area is 234 Å². The van der Waals surface area contributed by atoms with Crippen LogP contribution >= 0.6 is 11.6 Å². The number of carbonyl (C=O) groups excluding carboxylic acids is 1. The molecule has 2 aliphatic rings. The van der Waals surface area contributed by atoms with Crippen LogP contribution in [0.3, 0.4) is 0 Å². The first-order valence-corrected chi connectivity index (χ1v) is 13.4. The molecule has 1 saturated heterocycles. The van der Waals surface area contributed by atoms with Crippen LogP contribution in [-0.4, -0.2) is 40.5 Å². The molecule has 4 aromatic rings. The molecule has 2 fully saturated rings. The number of hydrogen-bond acceptors (Lipinski definition) is 6. The lowest BCUT2D eigenvalue weighted by molar-refractivity contribution is 0.0582. The van der Waals surface area contributed by atoms with E-state index in [1.54, 1.807) is 6.07 Å². The third-order valence-electron chi connectivity index (χ3n) is 7.82. The van der Waals surface area contributed by atoms with Crippen LogP contribution in [-0.2, 0) is 9.47 Å². The second-order valence-electron chi connectivity index (χ2n) is 10.2. The average Bonchev–Trinajstić information content (AvgIpc) is 3.48. The molecule has 1 aliphatic heterocycles. The van der Waals surface area contributed by atoms with E-state index in [1.165, 1.54) is 17.0 Å². The summed E-state index contributed by atoms with van der Waals surface area (Å²) in [4.78, 5) is 19.7. The van der Waals surface area contributed by atoms with Crippen LogP contribution in [0.15, 0.2) is 40.9 Å². The first kappa shape index (κ1) is 22.4. The molecule has 0 N–H and O–H groups in total. The Hall–Kier alpha value is -3.43. The number of cyclic esters (lactones) is 1. The third-order valence-corrected chi connectivity index (χ3v) is 8.13. The van der Waals surface area contributed by atoms with Gasteiger partial charge >= 0.3 is 6.09 Å². The Morgan fingerprint density at radius 3 is 2.67 bits per heavy atom. The van der Waals surface area contributed by atoms with Crippen molar-refractivity contribution in [1.82, 2.24) is 14.7 Å². The number of hydrogen-bond donors (Lipinski definition) is 0. The van der Waals surface area contributed by atoms with Gasteiger partial charge < -0.3 is 18.6 Å². The Kier molecular flexibility index (Phi) is 5.90. The average molecular weight is 556 g/mol. The fourth-order valence-electron chi connectivity index (χ4n) is 5.96. The molecule has 1 amide bonds. The van der Waals surface area contributed by atoms with Crippen molar-refractivity contribution in [2.24, 2.45) is 0 Å². The molecule has 0 spiro atoms. The number of aromatic nitrogens is 3. The molecule has 2 aromatic heterocycles. The van der Waals surface area contributed by atoms with Crippen LogP contribution in [0.25, 0.3) is 22.2 Å². The minimum Gasteiger partial charge on any atom is -0.449 e. The number of halogens is 2. The zero-order chi connectivity index (χ0) is 29.8. The van der Waals surface area contributed by atoms with Gasteiger partial charge in [-0.1, -0.05) is 22.8 Å². The first-order valence-electron chi connectivity index (χ1n) is 14.5. The van der Waals surface area contributed by atoms with Gasteiger partial charge in [0, 0.05) is 25.1 Å². The highest BCUT2D eigenvalue weighted by molar-refractivity contribution is 6.30. The van der Waals surface area contributed by atoms with Gasteiger partial charge in [-0.25, -0.2) is 14.2 Å². The number of ether oxygens (including phenoxy) is 2. The quantitative estimate of drug-likeness (QED) is 0.256. The summed E-state index contributed by atoms with van der Waals surface area (Å²) in [6, 6.07) is 9.65. The molecule has 3 heterocycles. The maximum Gasteiger partial charge on any atom is 0.414 e. The number of aryl methyl sites for hydroxylation is 2. The van der Waals surface area contributed by atoms with Crippen molar-refractivity contribution < 1.29 is 27.3 Å². The van der Waals surface area contributed by atoms with Gasteiger partial charge in [-0.05, 0) is 75.4 Å². The Morgan fingerprint density at radius 1 is 1.13 bits per heavy atom. The summed E-state index contributed by atoms with van der Waals surface area (Å²) in [5.41, 5.74) is 4.49. The SMILES string of the molecule is [2H]C([2H])([2H])OC1CCC(n2c(C3CCOC(=O)N3c3ccc(Cl)c(F)c3)nc3cc(-c4c(C)noc4C)ccc32)CC1. The van der Waals surface area contributed by atoms with E-state index in [-0.39, 0.29) is 23.8 Å². The molecule has 1 saturated carbocycles. The molecule has 2 aromatic carbocycles. The van der Waals surface area contributed by atoms with Gasteiger partial charge in [-0.3, -0.25) is 4.90 Å². The second kappa shape index (κ2) is 10.3. The van der Waals surface area contributed by atoms with Gasteiger partial charge in [0.15, 0.2) is 0 Å². The molecule has 1 unspecified atom stereocenters. The molecule has 204 valence electrons. The number of amides is 1. The molecule has 8 nitrogen and oxygen atoms in total. The highest BCUT2D eigenvalue weighted by Gasteiger charge is 2.38. The smallest absolute Gasteiger partial charge is 0.414 e. The Balaban J connectivity index is 1.46. The number of methoxy groups -OCH3 is 1. The summed E-state index contributed by atoms with van der Waals surface area (Å²) < 4.78 is 55.3. The molecule has 1 aliphatic carbocycles. The normalized spacial score (nSPS) is 23.4. The van der Waals surface area contributed by atoms with Gasteiger partial charge in [0.05, 0.1) is 44.3 Å². The number of nitrogens with zero attached hydrogens (tertiary/aromatic N) is 4. The first-order chi connectivity index (χ1) is 20.0. The minimum atomic E-state index is -2.45. The van der Waals surface area contributed by atoms with Crippen molar-refractivity contribution in [2.75, 3.05) is 18.5 Å². The van der Waals surface area contributed by atoms with Crippen molar-refractivity contribution >= 4 is 34.4 Å². The van der Waals surface area contributed by atoms with Gasteiger partial charge in [-0.15, -0.1) is 0 Å². The molecule has 0 bridgehead atoms. The molecule has 10 heteroatoms. The monoisotopic (exact) mass is 555 g/mol. The van der Waals surface area contributed by atoms with E-state index in [1.807, 2.05) is 32.0 Å². The number of carbonyl (C=O) groups is 1. The summed E-state index contributed by atoms with van der Waals surface area (Å²) in [6.45, 7) is 3.93. The zero-order valence-corrected chi connectivity index (χ0v) is 22.4. The Morgan fingerprint density at radius 2 is 1.95 bits per heavy atom. The van der Waals surface area contributed by atoms with E-state index in [2.05, 4.69) is 9.72 Å². The van der Waals surface area contributed by atoms with Crippen LogP contribution in [0.4, 0.5) is 14.9 Å². The lowest BCUT2D eigenvalue weighted by Crippen LogP contribution is -2.42. The second-order valence-corrected chi connectivity index (χ2v) is 10.6. The van der Waals surface area contributed by atoms with Crippen LogP contribution in [0, 0.1) is 19.7 Å². The third kappa shape index (κ3) is 4.57. The lowest BCUT2D eigenvalue weighted by Gasteiger charge is -2.37. The summed E-state index contributed by atoms with van der Waals surface area (Å²) in [7, 11) is -2.45. The molecule has 39 heavy (non-hydrogen) atoms. The van der Waals surface area contributed by atoms with Crippen LogP contribution in [0.1, 0.15) is 65.6 Å². The molecular weight excluding hydrogens is 523 g/mol. The molecule has 6 rings (SSSR count). The largest absolute Gasteiger partial charge is 0.449 e. The van der Waals surface area contributed by atoms with Crippen molar-refractivity contribution in [3.05, 3.63) is 64.5 Å². The van der Waals surface area contributed by atoms with Gasteiger partial charge in [0.2, 0.25) is 0 Å². The summed E-state index contributed by atoms with van der Waals surface area (Å²) >= 11 is 5.94. The van der Waals surface area contributed by atoms with E-state index in [0.717, 1.165) is 27.9 Å². The maximum atomic E-state index is 14.5. The molecule has 1 atom stereocenters. The predicted molar refractivity (Wildman–Crippen MR) is 146 cm³/mol. The fraction of sp³-hybridized carbons (Fsp3) is 0.414. The van der Waals surface area contributed by atoms with Crippen LogP contribution in [0.2, 0.25) is 5.02 Å². The van der Waals surface area contributed by atoms with Gasteiger partial charge in [0.1, 0.15) is 23.4 Å². The van der Waals surface area contributed by atoms with E-state index in [9.17, 15) is 9.18 Å². The summed E-state index contributed by atoms with van der Waals surface area (Å²) in [6.07, 6.45) is 1.94. The minimum absolute atomic E-state index is 0.0203. The lowest BCUT2D eigenvalue weighted by atomic mass is 9.92. The van der Waals surface area contributed by atoms with E-state index in [0.29, 0.717) is 49.4 Å². The summed E-state index contributed by atoms with van der Waals surface area (Å²) in [5.74, 6) is 0.703. The summed E-state index contributed by atoms with van der Waals surface area (Å²) in [5, 5.41) is 4.04. The standard InChI is InChI=1S/C29H30ClFN4O4/c1-16-27(17(2)39-33-16)18-4-11-25-24(14-18)32-28(34(25)19-5-8-21(37-3)9-6-19)26-12-13-38-29(36)35(26)20-7-10-22(30)23(31)15-20/h4,7,10-11,14-15,19,21,26H,5-6,8-9,12-13H2,1-3H3/i3D3. The number of benzene rings is 2. The van der Waals surface area contributed by atoms with Crippen molar-refractivity contribution in [2.45, 2.75) is 64.1 Å². The predicted octanol–water partition coefficient (Wildman–Crippen LogP) is 7.32. The van der Waals surface area contributed by atoms with Crippen molar-refractivity contribution in [1.29, 1.82) is 0 Å². The van der Waals surface area contributed by atoms with Crippen molar-refractivity contribution in [3.63, 3.8) is 0 Å². The highest BCUT2D eigenvalue weighted by atomic mass is 35.5. The number of fused-ring (bicyclic) bond motifs is 1. The fourth-order valence-corrected chi connectivity index (χ4v) is 6.07. The molecule has 0 radical (unpaired) electrons. The van der Waals surface area contributed by atoms with Gasteiger partial charge in [0.25, 0.3) is 0 Å². The number of imidazole rings is 1. The van der Waals surface area contributed by atoms with E-state index in [4.69, 9.17) is 34.7 Å². The van der Waals surface area contributed by atoms with E-state index >= 15 is 0 Å². The van der Waals surface area contributed by atoms with Crippen molar-refractivity contribution in [3.8, 4) is 11.1 Å². The number of anilines is 1. The molecular formula is C29H30ClFN4O4. The maximum absolute atomic E-state index is 14.5. The zero-order valence-electron chi connectivity index (χ0n) is 24.6. The van der Waals surface area contributed by atoms with Crippen LogP contribution in [0.5, 0.6) is 0 Å². The van der Waals surface area contributed by atoms with E-state index < -0.39 is 25.0 Å². The number of rotatable bonds is 5. The van der Waals surface area contributed by atoms with Gasteiger partial charge in [-0.2, -0.15) is 0 Å². The Bertz CT molecular complexity index is 1630.